The summed E-state index contributed by atoms with van der Waals surface area (Å²) in [5, 5.41) is 7.80. The van der Waals surface area contributed by atoms with Crippen LogP contribution >= 0.6 is 0 Å². The summed E-state index contributed by atoms with van der Waals surface area (Å²) in [4.78, 5) is 10.4. The Morgan fingerprint density at radius 2 is 1.15 bits per heavy atom. The molecule has 0 bridgehead atoms. The third kappa shape index (κ3) is 2.85. The van der Waals surface area contributed by atoms with E-state index >= 15 is 0 Å². The highest BCUT2D eigenvalue weighted by Crippen LogP contribution is 2.45. The molecule has 0 aliphatic heterocycles. The van der Waals surface area contributed by atoms with Crippen molar-refractivity contribution < 1.29 is 4.42 Å². The van der Waals surface area contributed by atoms with Crippen LogP contribution in [-0.2, 0) is 0 Å². The van der Waals surface area contributed by atoms with Gasteiger partial charge in [0.1, 0.15) is 11.2 Å². The van der Waals surface area contributed by atoms with Gasteiger partial charge in [-0.25, -0.2) is 9.97 Å². The molecule has 40 heavy (non-hydrogen) atoms. The molecule has 0 saturated carbocycles. The van der Waals surface area contributed by atoms with Crippen molar-refractivity contribution in [2.24, 2.45) is 0 Å². The first-order chi connectivity index (χ1) is 19.9. The molecule has 0 atom stereocenters. The van der Waals surface area contributed by atoms with Crippen LogP contribution in [0, 0.1) is 0 Å². The molecule has 0 saturated heterocycles. The number of nitrogens with zero attached hydrogens (tertiary/aromatic N) is 3. The molecule has 0 aliphatic rings. The van der Waals surface area contributed by atoms with Crippen molar-refractivity contribution in [3.05, 3.63) is 127 Å². The molecule has 0 N–H and O–H groups in total. The van der Waals surface area contributed by atoms with Crippen molar-refractivity contribution in [1.82, 2.24) is 14.5 Å². The summed E-state index contributed by atoms with van der Waals surface area (Å²) in [5.41, 5.74) is 6.78. The number of hydrogen-bond acceptors (Lipinski definition) is 3. The predicted molar refractivity (Wildman–Crippen MR) is 164 cm³/mol. The second-order valence-electron chi connectivity index (χ2n) is 10.2. The van der Waals surface area contributed by atoms with E-state index < -0.39 is 0 Å². The largest absolute Gasteiger partial charge is 0.455 e. The van der Waals surface area contributed by atoms with E-state index in [4.69, 9.17) is 14.4 Å². The molecule has 0 radical (unpaired) electrons. The van der Waals surface area contributed by atoms with Crippen molar-refractivity contribution >= 4 is 65.4 Å². The monoisotopic (exact) mass is 511 g/mol. The third-order valence-corrected chi connectivity index (χ3v) is 7.99. The van der Waals surface area contributed by atoms with Gasteiger partial charge in [0.05, 0.1) is 27.6 Å². The maximum atomic E-state index is 6.64. The number of aromatic nitrogens is 3. The highest BCUT2D eigenvalue weighted by molar-refractivity contribution is 6.35. The molecule has 0 unspecified atom stereocenters. The molecule has 3 heterocycles. The first-order valence-corrected chi connectivity index (χ1v) is 13.4. The molecule has 6 aromatic carbocycles. The fraction of sp³-hybridized carbons (Fsp3) is 0. The van der Waals surface area contributed by atoms with Gasteiger partial charge in [0.2, 0.25) is 5.95 Å². The summed E-state index contributed by atoms with van der Waals surface area (Å²) in [5.74, 6) is 0.643. The highest BCUT2D eigenvalue weighted by Gasteiger charge is 2.24. The Morgan fingerprint density at radius 1 is 0.500 bits per heavy atom. The average molecular weight is 512 g/mol. The zero-order valence-electron chi connectivity index (χ0n) is 21.4. The van der Waals surface area contributed by atoms with E-state index in [1.165, 1.54) is 0 Å². The average Bonchev–Trinajstić information content (AvgIpc) is 3.58. The smallest absolute Gasteiger partial charge is 0.235 e. The molecular formula is C36H21N3O. The first-order valence-electron chi connectivity index (χ1n) is 13.4. The van der Waals surface area contributed by atoms with E-state index in [2.05, 4.69) is 102 Å². The van der Waals surface area contributed by atoms with Crippen molar-refractivity contribution in [3.8, 4) is 17.2 Å². The zero-order valence-corrected chi connectivity index (χ0v) is 21.4. The minimum Gasteiger partial charge on any atom is -0.455 e. The summed E-state index contributed by atoms with van der Waals surface area (Å²) in [6, 6.07) is 44.0. The van der Waals surface area contributed by atoms with Crippen molar-refractivity contribution in [2.75, 3.05) is 0 Å². The normalized spacial score (nSPS) is 12.0. The number of para-hydroxylation sites is 3. The molecule has 3 aromatic heterocycles. The van der Waals surface area contributed by atoms with Gasteiger partial charge in [-0.3, -0.25) is 4.57 Å². The number of fused-ring (bicyclic) bond motifs is 11. The summed E-state index contributed by atoms with van der Waals surface area (Å²) in [6.45, 7) is 0. The predicted octanol–water partition coefficient (Wildman–Crippen LogP) is 9.45. The van der Waals surface area contributed by atoms with Crippen LogP contribution in [0.25, 0.3) is 82.6 Å². The van der Waals surface area contributed by atoms with E-state index in [1.807, 2.05) is 30.3 Å². The topological polar surface area (TPSA) is 43.9 Å². The Balaban J connectivity index is 1.53. The van der Waals surface area contributed by atoms with E-state index in [0.717, 1.165) is 76.7 Å². The van der Waals surface area contributed by atoms with Gasteiger partial charge in [-0.15, -0.1) is 0 Å². The Hall–Kier alpha value is -5.48. The Labute approximate surface area is 228 Å². The summed E-state index contributed by atoms with van der Waals surface area (Å²) in [7, 11) is 0. The lowest BCUT2D eigenvalue weighted by Gasteiger charge is -2.12. The van der Waals surface area contributed by atoms with Crippen LogP contribution in [0.4, 0.5) is 0 Å². The Kier molecular flexibility index (Phi) is 4.30. The number of benzene rings is 6. The van der Waals surface area contributed by atoms with Gasteiger partial charge in [-0.1, -0.05) is 109 Å². The van der Waals surface area contributed by atoms with Gasteiger partial charge < -0.3 is 4.42 Å². The van der Waals surface area contributed by atoms with Gasteiger partial charge in [0.15, 0.2) is 0 Å². The molecule has 0 fully saturated rings. The van der Waals surface area contributed by atoms with E-state index in [0.29, 0.717) is 5.95 Å². The van der Waals surface area contributed by atoms with Crippen LogP contribution in [0.15, 0.2) is 132 Å². The first kappa shape index (κ1) is 21.5. The molecule has 0 aliphatic carbocycles. The van der Waals surface area contributed by atoms with Crippen LogP contribution in [0.2, 0.25) is 0 Å². The second-order valence-corrected chi connectivity index (χ2v) is 10.2. The van der Waals surface area contributed by atoms with Crippen LogP contribution in [0.1, 0.15) is 0 Å². The molecule has 9 rings (SSSR count). The summed E-state index contributed by atoms with van der Waals surface area (Å²) in [6.07, 6.45) is 0. The molecule has 9 aromatic rings. The van der Waals surface area contributed by atoms with Crippen LogP contribution < -0.4 is 0 Å². The molecular weight excluding hydrogens is 490 g/mol. The van der Waals surface area contributed by atoms with Gasteiger partial charge in [-0.2, -0.15) is 0 Å². The fourth-order valence-electron chi connectivity index (χ4n) is 6.31. The van der Waals surface area contributed by atoms with Crippen LogP contribution in [0.5, 0.6) is 0 Å². The molecule has 186 valence electrons. The maximum Gasteiger partial charge on any atom is 0.235 e. The van der Waals surface area contributed by atoms with E-state index in [-0.39, 0.29) is 0 Å². The Bertz CT molecular complexity index is 2430. The fourth-order valence-corrected chi connectivity index (χ4v) is 6.31. The molecule has 0 amide bonds. The quantitative estimate of drug-likeness (QED) is 0.232. The lowest BCUT2D eigenvalue weighted by molar-refractivity contribution is 0.673. The maximum absolute atomic E-state index is 6.64. The summed E-state index contributed by atoms with van der Waals surface area (Å²) < 4.78 is 8.86. The van der Waals surface area contributed by atoms with Crippen LogP contribution in [0.3, 0.4) is 0 Å². The highest BCUT2D eigenvalue weighted by atomic mass is 16.3. The van der Waals surface area contributed by atoms with Gasteiger partial charge in [0.25, 0.3) is 0 Å². The molecule has 0 spiro atoms. The minimum atomic E-state index is 0.643. The number of furan rings is 1. The minimum absolute atomic E-state index is 0.643. The summed E-state index contributed by atoms with van der Waals surface area (Å²) >= 11 is 0. The zero-order chi connectivity index (χ0) is 26.2. The lowest BCUT2D eigenvalue weighted by Crippen LogP contribution is -2.03. The van der Waals surface area contributed by atoms with Crippen molar-refractivity contribution in [1.29, 1.82) is 0 Å². The standard InChI is InChI=1S/C36H21N3O/c1-2-12-22(13-3-1)33-25-16-6-9-19-28(25)37-36(38-33)39-29-20-10-7-17-26(29)32-34(39)24-15-5-4-14-23(24)31-27-18-8-11-21-30(27)40-35(31)32/h1-21H. The van der Waals surface area contributed by atoms with Gasteiger partial charge >= 0.3 is 0 Å². The molecule has 4 heteroatoms. The lowest BCUT2D eigenvalue weighted by atomic mass is 9.99. The number of rotatable bonds is 2. The third-order valence-electron chi connectivity index (χ3n) is 7.99. The number of hydrogen-bond donors (Lipinski definition) is 0. The molecule has 4 nitrogen and oxygen atoms in total. The van der Waals surface area contributed by atoms with Crippen molar-refractivity contribution in [3.63, 3.8) is 0 Å². The SMILES string of the molecule is c1ccc(-c2nc(-n3c4ccccc4c4c5oc6ccccc6c5c5ccccc5c43)nc3ccccc23)cc1. The second kappa shape index (κ2) is 8.01. The van der Waals surface area contributed by atoms with Gasteiger partial charge in [0, 0.05) is 32.5 Å². The van der Waals surface area contributed by atoms with E-state index in [1.54, 1.807) is 0 Å². The van der Waals surface area contributed by atoms with Crippen molar-refractivity contribution in [2.45, 2.75) is 0 Å². The van der Waals surface area contributed by atoms with Gasteiger partial charge in [-0.05, 0) is 23.6 Å². The van der Waals surface area contributed by atoms with Crippen LogP contribution in [-0.4, -0.2) is 14.5 Å². The van der Waals surface area contributed by atoms with E-state index in [9.17, 15) is 0 Å². The Morgan fingerprint density at radius 3 is 2.00 bits per heavy atom.